The molecule has 0 atom stereocenters. The van der Waals surface area contributed by atoms with Crippen LogP contribution in [0.4, 0.5) is 4.39 Å². The first-order valence-corrected chi connectivity index (χ1v) is 5.60. The number of hydrogen-bond donors (Lipinski definition) is 1. The van der Waals surface area contributed by atoms with Crippen LogP contribution in [0.1, 0.15) is 17.0 Å². The third-order valence-electron chi connectivity index (χ3n) is 2.65. The van der Waals surface area contributed by atoms with Crippen LogP contribution in [0.5, 0.6) is 0 Å². The van der Waals surface area contributed by atoms with Crippen LogP contribution >= 0.6 is 12.4 Å². The maximum Gasteiger partial charge on any atom is 0.123 e. The first-order chi connectivity index (χ1) is 8.15. The summed E-state index contributed by atoms with van der Waals surface area (Å²) in [6.07, 6.45) is 0. The van der Waals surface area contributed by atoms with Crippen LogP contribution in [-0.4, -0.2) is 9.78 Å². The summed E-state index contributed by atoms with van der Waals surface area (Å²) in [6, 6.07) is 8.59. The molecule has 0 saturated heterocycles. The largest absolute Gasteiger partial charge is 0.307 e. The van der Waals surface area contributed by atoms with E-state index in [0.717, 1.165) is 30.0 Å². The zero-order chi connectivity index (χ0) is 12.3. The first-order valence-electron chi connectivity index (χ1n) is 5.60. The Morgan fingerprint density at radius 1 is 1.22 bits per heavy atom. The second-order valence-corrected chi connectivity index (χ2v) is 4.13. The highest BCUT2D eigenvalue weighted by Crippen LogP contribution is 2.04. The number of nitrogens with one attached hydrogen (secondary N) is 1. The normalized spacial score (nSPS) is 10.2. The lowest BCUT2D eigenvalue weighted by atomic mass is 10.2. The van der Waals surface area contributed by atoms with Crippen LogP contribution in [0.25, 0.3) is 0 Å². The second-order valence-electron chi connectivity index (χ2n) is 4.13. The molecule has 0 bridgehead atoms. The van der Waals surface area contributed by atoms with Gasteiger partial charge in [-0.05, 0) is 30.7 Å². The zero-order valence-electron chi connectivity index (χ0n) is 10.5. The van der Waals surface area contributed by atoms with Crippen molar-refractivity contribution in [1.29, 1.82) is 0 Å². The summed E-state index contributed by atoms with van der Waals surface area (Å²) in [4.78, 5) is 0. The van der Waals surface area contributed by atoms with Gasteiger partial charge in [0.05, 0.1) is 11.4 Å². The van der Waals surface area contributed by atoms with E-state index in [1.54, 1.807) is 12.1 Å². The van der Waals surface area contributed by atoms with Crippen molar-refractivity contribution >= 4 is 12.4 Å². The predicted octanol–water partition coefficient (Wildman–Crippen LogP) is 2.58. The highest BCUT2D eigenvalue weighted by Gasteiger charge is 2.01. The lowest BCUT2D eigenvalue weighted by molar-refractivity contribution is 0.616. The van der Waals surface area contributed by atoms with Gasteiger partial charge in [0, 0.05) is 20.1 Å². The number of benzene rings is 1. The topological polar surface area (TPSA) is 29.9 Å². The van der Waals surface area contributed by atoms with Crippen LogP contribution in [0.2, 0.25) is 0 Å². The van der Waals surface area contributed by atoms with Crippen LogP contribution in [-0.2, 0) is 20.1 Å². The molecule has 0 aliphatic heterocycles. The molecule has 0 unspecified atom stereocenters. The molecule has 1 N–H and O–H groups in total. The van der Waals surface area contributed by atoms with Gasteiger partial charge in [-0.2, -0.15) is 5.10 Å². The van der Waals surface area contributed by atoms with Crippen molar-refractivity contribution in [2.24, 2.45) is 7.05 Å². The van der Waals surface area contributed by atoms with E-state index in [0.29, 0.717) is 0 Å². The molecular weight excluding hydrogens is 253 g/mol. The molecule has 0 aliphatic carbocycles. The molecule has 1 aromatic carbocycles. The average Bonchev–Trinajstić information content (AvgIpc) is 2.60. The molecule has 3 nitrogen and oxygen atoms in total. The Kier molecular flexibility index (Phi) is 5.31. The van der Waals surface area contributed by atoms with E-state index in [-0.39, 0.29) is 18.2 Å². The Balaban J connectivity index is 0.00000162. The van der Waals surface area contributed by atoms with Crippen molar-refractivity contribution in [3.05, 3.63) is 53.1 Å². The molecule has 2 rings (SSSR count). The SMILES string of the molecule is Cc1cc(CNCc2ccc(F)cc2)n(C)n1.Cl. The average molecular weight is 270 g/mol. The maximum absolute atomic E-state index is 12.7. The number of aryl methyl sites for hydroxylation is 2. The monoisotopic (exact) mass is 269 g/mol. The van der Waals surface area contributed by atoms with Crippen molar-refractivity contribution in [3.8, 4) is 0 Å². The van der Waals surface area contributed by atoms with E-state index >= 15 is 0 Å². The standard InChI is InChI=1S/C13H16FN3.ClH/c1-10-7-13(17(2)16-10)9-15-8-11-3-5-12(14)6-4-11;/h3-7,15H,8-9H2,1-2H3;1H. The quantitative estimate of drug-likeness (QED) is 0.925. The zero-order valence-corrected chi connectivity index (χ0v) is 11.3. The first kappa shape index (κ1) is 14.7. The minimum atomic E-state index is -0.198. The summed E-state index contributed by atoms with van der Waals surface area (Å²) in [6.45, 7) is 3.46. The molecular formula is C13H17ClFN3. The fraction of sp³-hybridized carbons (Fsp3) is 0.308. The van der Waals surface area contributed by atoms with E-state index < -0.39 is 0 Å². The number of halogens is 2. The van der Waals surface area contributed by atoms with Gasteiger partial charge in [0.15, 0.2) is 0 Å². The smallest absolute Gasteiger partial charge is 0.123 e. The Labute approximate surface area is 112 Å². The van der Waals surface area contributed by atoms with Crippen molar-refractivity contribution in [2.45, 2.75) is 20.0 Å². The Bertz CT molecular complexity index is 493. The van der Waals surface area contributed by atoms with Crippen molar-refractivity contribution in [2.75, 3.05) is 0 Å². The molecule has 0 spiro atoms. The van der Waals surface area contributed by atoms with Gasteiger partial charge in [-0.1, -0.05) is 12.1 Å². The summed E-state index contributed by atoms with van der Waals surface area (Å²) in [5, 5.41) is 7.58. The summed E-state index contributed by atoms with van der Waals surface area (Å²) in [5.74, 6) is -0.198. The summed E-state index contributed by atoms with van der Waals surface area (Å²) >= 11 is 0. The predicted molar refractivity (Wildman–Crippen MR) is 72.1 cm³/mol. The van der Waals surface area contributed by atoms with Crippen LogP contribution in [0.15, 0.2) is 30.3 Å². The number of nitrogens with zero attached hydrogens (tertiary/aromatic N) is 2. The van der Waals surface area contributed by atoms with Gasteiger partial charge in [0.1, 0.15) is 5.82 Å². The fourth-order valence-corrected chi connectivity index (χ4v) is 1.77. The number of aromatic nitrogens is 2. The second kappa shape index (κ2) is 6.52. The third kappa shape index (κ3) is 3.82. The van der Waals surface area contributed by atoms with Gasteiger partial charge in [-0.15, -0.1) is 12.4 Å². The van der Waals surface area contributed by atoms with Crippen molar-refractivity contribution < 1.29 is 4.39 Å². The summed E-state index contributed by atoms with van der Waals surface area (Å²) in [7, 11) is 1.93. The van der Waals surface area contributed by atoms with E-state index in [9.17, 15) is 4.39 Å². The fourth-order valence-electron chi connectivity index (χ4n) is 1.77. The van der Waals surface area contributed by atoms with Gasteiger partial charge in [-0.25, -0.2) is 4.39 Å². The molecule has 1 heterocycles. The van der Waals surface area contributed by atoms with E-state index in [1.165, 1.54) is 12.1 Å². The number of rotatable bonds is 4. The van der Waals surface area contributed by atoms with E-state index in [1.807, 2.05) is 18.7 Å². The van der Waals surface area contributed by atoms with Crippen LogP contribution < -0.4 is 5.32 Å². The third-order valence-corrected chi connectivity index (χ3v) is 2.65. The molecule has 98 valence electrons. The highest BCUT2D eigenvalue weighted by molar-refractivity contribution is 5.85. The molecule has 0 aliphatic rings. The molecule has 0 amide bonds. The molecule has 5 heteroatoms. The minimum absolute atomic E-state index is 0. The highest BCUT2D eigenvalue weighted by atomic mass is 35.5. The van der Waals surface area contributed by atoms with Gasteiger partial charge >= 0.3 is 0 Å². The Morgan fingerprint density at radius 3 is 2.44 bits per heavy atom. The maximum atomic E-state index is 12.7. The molecule has 18 heavy (non-hydrogen) atoms. The molecule has 0 radical (unpaired) electrons. The van der Waals surface area contributed by atoms with Gasteiger partial charge in [0.2, 0.25) is 0 Å². The van der Waals surface area contributed by atoms with Gasteiger partial charge in [0.25, 0.3) is 0 Å². The van der Waals surface area contributed by atoms with Gasteiger partial charge < -0.3 is 5.32 Å². The molecule has 1 aromatic heterocycles. The van der Waals surface area contributed by atoms with Crippen molar-refractivity contribution in [1.82, 2.24) is 15.1 Å². The lowest BCUT2D eigenvalue weighted by Crippen LogP contribution is -2.15. The Hall–Kier alpha value is -1.39. The summed E-state index contributed by atoms with van der Waals surface area (Å²) < 4.78 is 14.6. The minimum Gasteiger partial charge on any atom is -0.307 e. The molecule has 0 saturated carbocycles. The van der Waals surface area contributed by atoms with E-state index in [4.69, 9.17) is 0 Å². The van der Waals surface area contributed by atoms with Crippen LogP contribution in [0.3, 0.4) is 0 Å². The van der Waals surface area contributed by atoms with Crippen LogP contribution in [0, 0.1) is 12.7 Å². The van der Waals surface area contributed by atoms with Crippen molar-refractivity contribution in [3.63, 3.8) is 0 Å². The molecule has 0 fully saturated rings. The Morgan fingerprint density at radius 2 is 1.89 bits per heavy atom. The van der Waals surface area contributed by atoms with E-state index in [2.05, 4.69) is 16.5 Å². The number of hydrogen-bond acceptors (Lipinski definition) is 2. The lowest BCUT2D eigenvalue weighted by Gasteiger charge is -2.05. The van der Waals surface area contributed by atoms with Gasteiger partial charge in [-0.3, -0.25) is 4.68 Å². The molecule has 2 aromatic rings. The summed E-state index contributed by atoms with van der Waals surface area (Å²) in [5.41, 5.74) is 3.24.